The van der Waals surface area contributed by atoms with E-state index in [9.17, 15) is 4.39 Å². The summed E-state index contributed by atoms with van der Waals surface area (Å²) >= 11 is 15.0. The van der Waals surface area contributed by atoms with Crippen molar-refractivity contribution < 1.29 is 4.39 Å². The van der Waals surface area contributed by atoms with Crippen molar-refractivity contribution in [1.82, 2.24) is 15.0 Å². The molecule has 7 heteroatoms. The molecule has 0 aliphatic heterocycles. The fraction of sp³-hybridized carbons (Fsp3) is 0. The van der Waals surface area contributed by atoms with Crippen molar-refractivity contribution in [1.29, 1.82) is 0 Å². The molecule has 0 amide bonds. The van der Waals surface area contributed by atoms with Gasteiger partial charge in [-0.1, -0.05) is 23.2 Å². The van der Waals surface area contributed by atoms with E-state index in [2.05, 4.69) is 30.9 Å². The van der Waals surface area contributed by atoms with Crippen LogP contribution in [-0.2, 0) is 0 Å². The Labute approximate surface area is 125 Å². The number of fused-ring (bicyclic) bond motifs is 1. The second-order valence-electron chi connectivity index (χ2n) is 3.84. The molecule has 0 aliphatic rings. The van der Waals surface area contributed by atoms with Crippen LogP contribution in [0.15, 0.2) is 28.7 Å². The highest BCUT2D eigenvalue weighted by Gasteiger charge is 2.12. The lowest BCUT2D eigenvalue weighted by molar-refractivity contribution is 0.627. The lowest BCUT2D eigenvalue weighted by atomic mass is 10.2. The number of aromatic amines is 1. The van der Waals surface area contributed by atoms with E-state index in [1.165, 1.54) is 12.1 Å². The number of hydrogen-bond acceptors (Lipinski definition) is 2. The number of pyridine rings is 1. The predicted octanol–water partition coefficient (Wildman–Crippen LogP) is 4.83. The molecule has 1 N–H and O–H groups in total. The quantitative estimate of drug-likeness (QED) is 0.631. The molecule has 0 atom stereocenters. The van der Waals surface area contributed by atoms with Crippen molar-refractivity contribution >= 4 is 50.3 Å². The number of benzene rings is 1. The molecule has 0 spiro atoms. The van der Waals surface area contributed by atoms with Crippen molar-refractivity contribution in [2.75, 3.05) is 0 Å². The SMILES string of the molecule is Fc1ccc(-c2nc3nc(Cl)c(Cl)cc3[nH]2)c(Br)c1. The number of H-pyrrole nitrogens is 1. The highest BCUT2D eigenvalue weighted by Crippen LogP contribution is 2.30. The number of imidazole rings is 1. The molecule has 3 aromatic rings. The molecule has 2 aromatic heterocycles. The fourth-order valence-electron chi connectivity index (χ4n) is 1.71. The topological polar surface area (TPSA) is 41.6 Å². The molecule has 0 saturated heterocycles. The Morgan fingerprint density at radius 1 is 1.16 bits per heavy atom. The molecule has 1 aromatic carbocycles. The summed E-state index contributed by atoms with van der Waals surface area (Å²) in [7, 11) is 0. The Kier molecular flexibility index (Phi) is 3.20. The zero-order valence-corrected chi connectivity index (χ0v) is 12.3. The summed E-state index contributed by atoms with van der Waals surface area (Å²) in [5, 5.41) is 0.549. The number of rotatable bonds is 1. The van der Waals surface area contributed by atoms with Crippen LogP contribution in [0, 0.1) is 5.82 Å². The molecular formula is C12H5BrCl2FN3. The Bertz CT molecular complexity index is 749. The number of halogens is 4. The molecular weight excluding hydrogens is 356 g/mol. The van der Waals surface area contributed by atoms with Gasteiger partial charge < -0.3 is 4.98 Å². The monoisotopic (exact) mass is 359 g/mol. The summed E-state index contributed by atoms with van der Waals surface area (Å²) in [5.74, 6) is 0.239. The van der Waals surface area contributed by atoms with Gasteiger partial charge in [-0.15, -0.1) is 0 Å². The fourth-order valence-corrected chi connectivity index (χ4v) is 2.53. The molecule has 0 bridgehead atoms. The van der Waals surface area contributed by atoms with Gasteiger partial charge in [0, 0.05) is 10.0 Å². The molecule has 0 fully saturated rings. The van der Waals surface area contributed by atoms with Crippen LogP contribution in [0.25, 0.3) is 22.6 Å². The van der Waals surface area contributed by atoms with E-state index in [4.69, 9.17) is 23.2 Å². The summed E-state index contributed by atoms with van der Waals surface area (Å²) in [4.78, 5) is 11.5. The first-order valence-electron chi connectivity index (χ1n) is 5.22. The minimum absolute atomic E-state index is 0.199. The summed E-state index contributed by atoms with van der Waals surface area (Å²) in [6.07, 6.45) is 0. The van der Waals surface area contributed by atoms with Gasteiger partial charge in [0.25, 0.3) is 0 Å². The van der Waals surface area contributed by atoms with Crippen LogP contribution in [0.4, 0.5) is 4.39 Å². The van der Waals surface area contributed by atoms with Gasteiger partial charge in [-0.2, -0.15) is 0 Å². The average molecular weight is 361 g/mol. The molecule has 0 aliphatic carbocycles. The first-order valence-corrected chi connectivity index (χ1v) is 6.76. The van der Waals surface area contributed by atoms with E-state index in [0.717, 1.165) is 5.56 Å². The van der Waals surface area contributed by atoms with Gasteiger partial charge in [0.15, 0.2) is 5.65 Å². The van der Waals surface area contributed by atoms with Crippen molar-refractivity contribution in [3.63, 3.8) is 0 Å². The summed E-state index contributed by atoms with van der Waals surface area (Å²) in [5.41, 5.74) is 1.85. The van der Waals surface area contributed by atoms with Crippen molar-refractivity contribution in [2.45, 2.75) is 0 Å². The predicted molar refractivity (Wildman–Crippen MR) is 77.0 cm³/mol. The largest absolute Gasteiger partial charge is 0.336 e. The Morgan fingerprint density at radius 2 is 1.95 bits per heavy atom. The maximum Gasteiger partial charge on any atom is 0.179 e. The Balaban J connectivity index is 2.20. The Hall–Kier alpha value is -1.17. The zero-order valence-electron chi connectivity index (χ0n) is 9.22. The summed E-state index contributed by atoms with van der Waals surface area (Å²) in [6, 6.07) is 6.01. The normalized spacial score (nSPS) is 11.2. The maximum atomic E-state index is 13.1. The van der Waals surface area contributed by atoms with Crippen LogP contribution < -0.4 is 0 Å². The van der Waals surface area contributed by atoms with Gasteiger partial charge in [-0.3, -0.25) is 0 Å². The second kappa shape index (κ2) is 4.74. The van der Waals surface area contributed by atoms with Gasteiger partial charge in [0.1, 0.15) is 16.8 Å². The second-order valence-corrected chi connectivity index (χ2v) is 5.46. The van der Waals surface area contributed by atoms with E-state index in [1.807, 2.05) is 0 Å². The van der Waals surface area contributed by atoms with E-state index in [1.54, 1.807) is 12.1 Å². The molecule has 96 valence electrons. The average Bonchev–Trinajstić information content (AvgIpc) is 2.72. The lowest BCUT2D eigenvalue weighted by Gasteiger charge is -1.99. The molecule has 19 heavy (non-hydrogen) atoms. The lowest BCUT2D eigenvalue weighted by Crippen LogP contribution is -1.84. The standard InChI is InChI=1S/C12H5BrCl2FN3/c13-7-3-5(16)1-2-6(7)11-17-9-4-8(14)10(15)18-12(9)19-11/h1-4H,(H,17,18,19). The molecule has 3 nitrogen and oxygen atoms in total. The third-order valence-corrected chi connectivity index (χ3v) is 3.90. The molecule has 0 unspecified atom stereocenters. The van der Waals surface area contributed by atoms with E-state index < -0.39 is 0 Å². The van der Waals surface area contributed by atoms with Crippen molar-refractivity contribution in [2.24, 2.45) is 0 Å². The third-order valence-electron chi connectivity index (χ3n) is 2.57. The number of hydrogen-bond donors (Lipinski definition) is 1. The number of nitrogens with zero attached hydrogens (tertiary/aromatic N) is 2. The van der Waals surface area contributed by atoms with Gasteiger partial charge in [-0.25, -0.2) is 14.4 Å². The van der Waals surface area contributed by atoms with Gasteiger partial charge >= 0.3 is 0 Å². The minimum Gasteiger partial charge on any atom is -0.336 e. The van der Waals surface area contributed by atoms with Crippen LogP contribution in [0.2, 0.25) is 10.2 Å². The van der Waals surface area contributed by atoms with E-state index in [-0.39, 0.29) is 11.0 Å². The molecule has 2 heterocycles. The Morgan fingerprint density at radius 3 is 2.68 bits per heavy atom. The van der Waals surface area contributed by atoms with Gasteiger partial charge in [0.2, 0.25) is 0 Å². The minimum atomic E-state index is -0.323. The summed E-state index contributed by atoms with van der Waals surface area (Å²) in [6.45, 7) is 0. The van der Waals surface area contributed by atoms with E-state index >= 15 is 0 Å². The highest BCUT2D eigenvalue weighted by molar-refractivity contribution is 9.10. The van der Waals surface area contributed by atoms with Crippen molar-refractivity contribution in [3.8, 4) is 11.4 Å². The smallest absolute Gasteiger partial charge is 0.179 e. The number of aromatic nitrogens is 3. The highest BCUT2D eigenvalue weighted by atomic mass is 79.9. The molecule has 0 saturated carbocycles. The first kappa shape index (κ1) is 12.8. The van der Waals surface area contributed by atoms with Gasteiger partial charge in [0.05, 0.1) is 10.5 Å². The number of nitrogens with one attached hydrogen (secondary N) is 1. The van der Waals surface area contributed by atoms with Crippen LogP contribution in [-0.4, -0.2) is 15.0 Å². The van der Waals surface area contributed by atoms with Crippen LogP contribution in [0.1, 0.15) is 0 Å². The maximum absolute atomic E-state index is 13.1. The van der Waals surface area contributed by atoms with E-state index in [0.29, 0.717) is 26.5 Å². The zero-order chi connectivity index (χ0) is 13.6. The third kappa shape index (κ3) is 2.33. The van der Waals surface area contributed by atoms with Crippen LogP contribution in [0.3, 0.4) is 0 Å². The van der Waals surface area contributed by atoms with Gasteiger partial charge in [-0.05, 0) is 40.2 Å². The first-order chi connectivity index (χ1) is 9.04. The van der Waals surface area contributed by atoms with Crippen LogP contribution in [0.5, 0.6) is 0 Å². The molecule has 0 radical (unpaired) electrons. The van der Waals surface area contributed by atoms with Crippen molar-refractivity contribution in [3.05, 3.63) is 44.7 Å². The summed E-state index contributed by atoms with van der Waals surface area (Å²) < 4.78 is 13.7. The molecule has 3 rings (SSSR count). The van der Waals surface area contributed by atoms with Crippen LogP contribution >= 0.6 is 39.1 Å².